The van der Waals surface area contributed by atoms with Gasteiger partial charge in [-0.3, -0.25) is 9.20 Å². The van der Waals surface area contributed by atoms with Crippen LogP contribution in [0.3, 0.4) is 0 Å². The van der Waals surface area contributed by atoms with E-state index in [0.717, 1.165) is 24.3 Å². The average molecular weight is 359 g/mol. The van der Waals surface area contributed by atoms with Crippen molar-refractivity contribution in [2.24, 2.45) is 0 Å². The molecule has 25 heavy (non-hydrogen) atoms. The number of nitrogens with zero attached hydrogens (tertiary/aromatic N) is 4. The summed E-state index contributed by atoms with van der Waals surface area (Å²) in [7, 11) is 0. The molecule has 128 valence electrons. The largest absolute Gasteiger partial charge is 0.338 e. The Morgan fingerprint density at radius 2 is 2.12 bits per heavy atom. The van der Waals surface area contributed by atoms with E-state index in [9.17, 15) is 9.18 Å². The van der Waals surface area contributed by atoms with Gasteiger partial charge in [0.1, 0.15) is 11.6 Å². The number of benzene rings is 1. The van der Waals surface area contributed by atoms with Crippen molar-refractivity contribution in [3.63, 3.8) is 0 Å². The van der Waals surface area contributed by atoms with Crippen molar-refractivity contribution in [3.05, 3.63) is 64.8 Å². The van der Waals surface area contributed by atoms with Crippen LogP contribution in [0.2, 0.25) is 5.02 Å². The monoisotopic (exact) mass is 358 g/mol. The summed E-state index contributed by atoms with van der Waals surface area (Å²) in [6.45, 7) is 1.20. The van der Waals surface area contributed by atoms with Crippen LogP contribution < -0.4 is 0 Å². The second-order valence-electron chi connectivity index (χ2n) is 6.20. The van der Waals surface area contributed by atoms with Crippen LogP contribution in [0.15, 0.2) is 42.6 Å². The van der Waals surface area contributed by atoms with E-state index in [1.165, 1.54) is 18.2 Å². The van der Waals surface area contributed by atoms with Gasteiger partial charge in [0.25, 0.3) is 5.91 Å². The van der Waals surface area contributed by atoms with Crippen LogP contribution in [0.5, 0.6) is 0 Å². The van der Waals surface area contributed by atoms with E-state index in [1.54, 1.807) is 4.90 Å². The van der Waals surface area contributed by atoms with Crippen molar-refractivity contribution in [1.29, 1.82) is 0 Å². The zero-order valence-corrected chi connectivity index (χ0v) is 14.2. The molecule has 0 bridgehead atoms. The third kappa shape index (κ3) is 2.98. The summed E-state index contributed by atoms with van der Waals surface area (Å²) >= 11 is 6.04. The normalized spacial score (nSPS) is 17.8. The molecule has 2 aromatic heterocycles. The molecule has 1 aliphatic heterocycles. The van der Waals surface area contributed by atoms with Gasteiger partial charge in [-0.2, -0.15) is 0 Å². The molecule has 0 radical (unpaired) electrons. The molecule has 0 spiro atoms. The Kier molecular flexibility index (Phi) is 4.13. The summed E-state index contributed by atoms with van der Waals surface area (Å²) in [5, 5.41) is 8.65. The molecular formula is C18H16ClFN4O. The molecule has 0 aliphatic carbocycles. The first kappa shape index (κ1) is 16.0. The fourth-order valence-electron chi connectivity index (χ4n) is 3.34. The Morgan fingerprint density at radius 3 is 2.96 bits per heavy atom. The lowest BCUT2D eigenvalue weighted by atomic mass is 9.96. The van der Waals surface area contributed by atoms with Crippen molar-refractivity contribution in [1.82, 2.24) is 19.5 Å². The second kappa shape index (κ2) is 6.44. The van der Waals surface area contributed by atoms with Crippen LogP contribution in [-0.2, 0) is 0 Å². The molecule has 3 heterocycles. The van der Waals surface area contributed by atoms with Crippen molar-refractivity contribution in [2.45, 2.75) is 18.8 Å². The number of piperidine rings is 1. The lowest BCUT2D eigenvalue weighted by Crippen LogP contribution is -2.39. The Labute approximate surface area is 149 Å². The Morgan fingerprint density at radius 1 is 1.24 bits per heavy atom. The molecule has 1 amide bonds. The average Bonchev–Trinajstić information content (AvgIpc) is 3.05. The Hall–Kier alpha value is -2.47. The fourth-order valence-corrected chi connectivity index (χ4v) is 3.59. The van der Waals surface area contributed by atoms with Gasteiger partial charge in [0, 0.05) is 25.2 Å². The Bertz CT molecular complexity index is 942. The predicted octanol–water partition coefficient (Wildman–Crippen LogP) is 3.54. The van der Waals surface area contributed by atoms with Gasteiger partial charge in [0.05, 0.1) is 10.6 Å². The summed E-state index contributed by atoms with van der Waals surface area (Å²) in [6, 6.07) is 9.62. The number of carbonyl (C=O) groups is 1. The van der Waals surface area contributed by atoms with Gasteiger partial charge in [-0.05, 0) is 43.2 Å². The van der Waals surface area contributed by atoms with E-state index in [1.807, 2.05) is 28.8 Å². The maximum Gasteiger partial charge on any atom is 0.255 e. The van der Waals surface area contributed by atoms with Gasteiger partial charge < -0.3 is 4.90 Å². The van der Waals surface area contributed by atoms with Gasteiger partial charge in [0.15, 0.2) is 5.65 Å². The fraction of sp³-hybridized carbons (Fsp3) is 0.278. The molecule has 5 nitrogen and oxygen atoms in total. The third-order valence-corrected chi connectivity index (χ3v) is 4.89. The molecule has 1 saturated heterocycles. The maximum atomic E-state index is 13.2. The predicted molar refractivity (Wildman–Crippen MR) is 92.3 cm³/mol. The van der Waals surface area contributed by atoms with Crippen molar-refractivity contribution < 1.29 is 9.18 Å². The lowest BCUT2D eigenvalue weighted by Gasteiger charge is -2.32. The summed E-state index contributed by atoms with van der Waals surface area (Å²) in [5.74, 6) is 0.337. The Balaban J connectivity index is 1.59. The molecule has 1 atom stereocenters. The van der Waals surface area contributed by atoms with Crippen LogP contribution in [0, 0.1) is 5.82 Å². The number of hydrogen-bond donors (Lipinski definition) is 0. The van der Waals surface area contributed by atoms with E-state index < -0.39 is 5.82 Å². The molecule has 7 heteroatoms. The van der Waals surface area contributed by atoms with E-state index in [-0.39, 0.29) is 16.8 Å². The second-order valence-corrected chi connectivity index (χ2v) is 6.61. The van der Waals surface area contributed by atoms with E-state index in [2.05, 4.69) is 10.2 Å². The molecule has 0 saturated carbocycles. The number of rotatable bonds is 2. The summed E-state index contributed by atoms with van der Waals surface area (Å²) < 4.78 is 15.2. The number of likely N-dealkylation sites (tertiary alicyclic amines) is 1. The molecular weight excluding hydrogens is 343 g/mol. The first-order chi connectivity index (χ1) is 12.1. The number of fused-ring (bicyclic) bond motifs is 1. The zero-order valence-electron chi connectivity index (χ0n) is 13.4. The first-order valence-electron chi connectivity index (χ1n) is 8.17. The minimum atomic E-state index is -0.451. The standard InChI is InChI=1S/C18H16ClFN4O/c19-15-10-13(20)6-7-14(15)18(25)23-8-3-4-12(11-23)17-22-21-16-5-1-2-9-24(16)17/h1-2,5-7,9-10,12H,3-4,8,11H2. The van der Waals surface area contributed by atoms with E-state index >= 15 is 0 Å². The number of hydrogen-bond acceptors (Lipinski definition) is 3. The number of aromatic nitrogens is 3. The van der Waals surface area contributed by atoms with Crippen LogP contribution in [0.4, 0.5) is 4.39 Å². The van der Waals surface area contributed by atoms with Crippen molar-refractivity contribution >= 4 is 23.2 Å². The molecule has 1 aromatic carbocycles. The minimum absolute atomic E-state index is 0.106. The lowest BCUT2D eigenvalue weighted by molar-refractivity contribution is 0.0704. The summed E-state index contributed by atoms with van der Waals surface area (Å²) in [4.78, 5) is 14.5. The highest BCUT2D eigenvalue weighted by atomic mass is 35.5. The van der Waals surface area contributed by atoms with Gasteiger partial charge in [-0.25, -0.2) is 4.39 Å². The highest BCUT2D eigenvalue weighted by molar-refractivity contribution is 6.33. The van der Waals surface area contributed by atoms with E-state index in [4.69, 9.17) is 11.6 Å². The zero-order chi connectivity index (χ0) is 17.4. The van der Waals surface area contributed by atoms with Gasteiger partial charge in [-0.1, -0.05) is 17.7 Å². The molecule has 1 unspecified atom stereocenters. The maximum absolute atomic E-state index is 13.2. The molecule has 1 fully saturated rings. The molecule has 1 aliphatic rings. The third-order valence-electron chi connectivity index (χ3n) is 4.58. The quantitative estimate of drug-likeness (QED) is 0.704. The number of pyridine rings is 1. The van der Waals surface area contributed by atoms with Crippen LogP contribution in [0.1, 0.15) is 34.9 Å². The number of carbonyl (C=O) groups excluding carboxylic acids is 1. The molecule has 4 rings (SSSR count). The summed E-state index contributed by atoms with van der Waals surface area (Å²) in [6.07, 6.45) is 3.75. The van der Waals surface area contributed by atoms with Crippen LogP contribution >= 0.6 is 11.6 Å². The highest BCUT2D eigenvalue weighted by Crippen LogP contribution is 2.28. The SMILES string of the molecule is O=C(c1ccc(F)cc1Cl)N1CCCC(c2nnc3ccccn23)C1. The highest BCUT2D eigenvalue weighted by Gasteiger charge is 2.29. The van der Waals surface area contributed by atoms with Crippen molar-refractivity contribution in [2.75, 3.05) is 13.1 Å². The van der Waals surface area contributed by atoms with Gasteiger partial charge in [-0.15, -0.1) is 10.2 Å². The minimum Gasteiger partial charge on any atom is -0.338 e. The summed E-state index contributed by atoms with van der Waals surface area (Å²) in [5.41, 5.74) is 1.12. The smallest absolute Gasteiger partial charge is 0.255 e. The molecule has 0 N–H and O–H groups in total. The number of halogens is 2. The first-order valence-corrected chi connectivity index (χ1v) is 8.55. The molecule has 3 aromatic rings. The van der Waals surface area contributed by atoms with E-state index in [0.29, 0.717) is 18.7 Å². The number of amides is 1. The topological polar surface area (TPSA) is 50.5 Å². The van der Waals surface area contributed by atoms with Gasteiger partial charge in [0.2, 0.25) is 0 Å². The van der Waals surface area contributed by atoms with Crippen LogP contribution in [-0.4, -0.2) is 38.5 Å². The van der Waals surface area contributed by atoms with Crippen molar-refractivity contribution in [3.8, 4) is 0 Å². The van der Waals surface area contributed by atoms with Gasteiger partial charge >= 0.3 is 0 Å². The van der Waals surface area contributed by atoms with Crippen LogP contribution in [0.25, 0.3) is 5.65 Å².